The van der Waals surface area contributed by atoms with E-state index in [0.29, 0.717) is 12.8 Å². The van der Waals surface area contributed by atoms with Gasteiger partial charge < -0.3 is 10.8 Å². The number of aliphatic carboxylic acids is 1. The minimum absolute atomic E-state index is 0.00325. The van der Waals surface area contributed by atoms with Crippen LogP contribution in [0.1, 0.15) is 24.0 Å². The zero-order valence-corrected chi connectivity index (χ0v) is 10.6. The van der Waals surface area contributed by atoms with Gasteiger partial charge in [-0.25, -0.2) is 0 Å². The van der Waals surface area contributed by atoms with E-state index in [0.717, 1.165) is 15.6 Å². The Kier molecular flexibility index (Phi) is 2.80. The van der Waals surface area contributed by atoms with Gasteiger partial charge in [-0.3, -0.25) is 4.79 Å². The van der Waals surface area contributed by atoms with Crippen LogP contribution in [-0.4, -0.2) is 17.1 Å². The van der Waals surface area contributed by atoms with E-state index < -0.39 is 11.4 Å². The number of carboxylic acids is 1. The van der Waals surface area contributed by atoms with Crippen LogP contribution in [0.5, 0.6) is 0 Å². The first-order chi connectivity index (χ1) is 7.45. The number of carboxylic acid groups (broad SMARTS) is 1. The van der Waals surface area contributed by atoms with Crippen molar-refractivity contribution in [2.24, 2.45) is 5.73 Å². The molecule has 86 valence electrons. The van der Waals surface area contributed by atoms with Gasteiger partial charge in [-0.05, 0) is 31.4 Å². The van der Waals surface area contributed by atoms with Gasteiger partial charge in [-0.2, -0.15) is 0 Å². The molecule has 1 aliphatic carbocycles. The fourth-order valence-electron chi connectivity index (χ4n) is 2.35. The topological polar surface area (TPSA) is 63.3 Å². The maximum absolute atomic E-state index is 11.4. The molecule has 0 heterocycles. The van der Waals surface area contributed by atoms with Crippen LogP contribution in [0.25, 0.3) is 0 Å². The van der Waals surface area contributed by atoms with Crippen molar-refractivity contribution in [2.75, 3.05) is 0 Å². The molecule has 1 aromatic carbocycles. The Morgan fingerprint density at radius 2 is 2.19 bits per heavy atom. The average molecular weight is 284 g/mol. The van der Waals surface area contributed by atoms with E-state index >= 15 is 0 Å². The first-order valence-electron chi connectivity index (χ1n) is 5.21. The lowest BCUT2D eigenvalue weighted by Gasteiger charge is -2.43. The number of hydrogen-bond acceptors (Lipinski definition) is 2. The largest absolute Gasteiger partial charge is 0.481 e. The van der Waals surface area contributed by atoms with E-state index in [1.54, 1.807) is 0 Å². The summed E-state index contributed by atoms with van der Waals surface area (Å²) in [6, 6.07) is 5.80. The van der Waals surface area contributed by atoms with Gasteiger partial charge in [0, 0.05) is 10.5 Å². The highest BCUT2D eigenvalue weighted by Crippen LogP contribution is 2.46. The minimum Gasteiger partial charge on any atom is -0.481 e. The van der Waals surface area contributed by atoms with Crippen molar-refractivity contribution in [3.8, 4) is 0 Å². The lowest BCUT2D eigenvalue weighted by Crippen LogP contribution is -2.54. The van der Waals surface area contributed by atoms with Gasteiger partial charge in [0.25, 0.3) is 0 Å². The maximum atomic E-state index is 11.4. The fraction of sp³-hybridized carbons (Fsp3) is 0.417. The van der Waals surface area contributed by atoms with E-state index in [-0.39, 0.29) is 6.04 Å². The summed E-state index contributed by atoms with van der Waals surface area (Å²) < 4.78 is 0.854. The quantitative estimate of drug-likeness (QED) is 0.875. The van der Waals surface area contributed by atoms with Crippen molar-refractivity contribution in [3.05, 3.63) is 33.8 Å². The first-order valence-corrected chi connectivity index (χ1v) is 6.00. The Balaban J connectivity index is 2.48. The molecule has 2 rings (SSSR count). The Bertz CT molecular complexity index is 439. The van der Waals surface area contributed by atoms with Gasteiger partial charge in [0.05, 0.1) is 5.41 Å². The van der Waals surface area contributed by atoms with E-state index in [1.165, 1.54) is 0 Å². The molecule has 0 amide bonds. The van der Waals surface area contributed by atoms with Crippen LogP contribution in [0.3, 0.4) is 0 Å². The summed E-state index contributed by atoms with van der Waals surface area (Å²) in [6.45, 7) is 1.96. The fourth-order valence-corrected chi connectivity index (χ4v) is 2.98. The highest BCUT2D eigenvalue weighted by Gasteiger charge is 2.51. The van der Waals surface area contributed by atoms with Crippen molar-refractivity contribution in [2.45, 2.75) is 31.2 Å². The zero-order valence-electron chi connectivity index (χ0n) is 9.03. The molecule has 4 heteroatoms. The molecule has 1 aromatic rings. The number of hydrogen-bond donors (Lipinski definition) is 2. The highest BCUT2D eigenvalue weighted by atomic mass is 79.9. The summed E-state index contributed by atoms with van der Waals surface area (Å²) in [5.41, 5.74) is 6.87. The molecular weight excluding hydrogens is 270 g/mol. The van der Waals surface area contributed by atoms with Crippen molar-refractivity contribution in [1.29, 1.82) is 0 Å². The summed E-state index contributed by atoms with van der Waals surface area (Å²) >= 11 is 3.43. The van der Waals surface area contributed by atoms with Gasteiger partial charge in [0.15, 0.2) is 0 Å². The molecule has 0 unspecified atom stereocenters. The van der Waals surface area contributed by atoms with Crippen LogP contribution >= 0.6 is 15.9 Å². The average Bonchev–Trinajstić information content (AvgIpc) is 2.16. The monoisotopic (exact) mass is 283 g/mol. The smallest absolute Gasteiger partial charge is 0.314 e. The highest BCUT2D eigenvalue weighted by molar-refractivity contribution is 9.10. The van der Waals surface area contributed by atoms with Gasteiger partial charge in [-0.1, -0.05) is 33.6 Å². The first kappa shape index (κ1) is 11.6. The molecule has 0 bridgehead atoms. The van der Waals surface area contributed by atoms with Gasteiger partial charge in [-0.15, -0.1) is 0 Å². The predicted molar refractivity (Wildman–Crippen MR) is 65.4 cm³/mol. The van der Waals surface area contributed by atoms with Crippen molar-refractivity contribution < 1.29 is 9.90 Å². The number of rotatable bonds is 2. The third kappa shape index (κ3) is 1.66. The summed E-state index contributed by atoms with van der Waals surface area (Å²) in [5, 5.41) is 9.39. The Morgan fingerprint density at radius 1 is 1.56 bits per heavy atom. The van der Waals surface area contributed by atoms with Gasteiger partial charge in [0.2, 0.25) is 0 Å². The number of halogens is 1. The molecule has 0 radical (unpaired) electrons. The molecule has 0 atom stereocenters. The molecule has 1 fully saturated rings. The second-order valence-corrected chi connectivity index (χ2v) is 5.39. The third-order valence-corrected chi connectivity index (χ3v) is 3.96. The standard InChI is InChI=1S/C12H14BrNO2/c1-7-2-3-10(13)9(4-7)12(11(15)16)5-8(14)6-12/h2-4,8H,5-6,14H2,1H3,(H,15,16). The van der Waals surface area contributed by atoms with Crippen LogP contribution in [0.4, 0.5) is 0 Å². The molecule has 0 aliphatic heterocycles. The zero-order chi connectivity index (χ0) is 11.9. The molecular formula is C12H14BrNO2. The summed E-state index contributed by atoms with van der Waals surface area (Å²) in [5.74, 6) is -0.777. The van der Waals surface area contributed by atoms with Crippen LogP contribution in [0, 0.1) is 6.92 Å². The van der Waals surface area contributed by atoms with Crippen molar-refractivity contribution in [1.82, 2.24) is 0 Å². The Labute approximate surface area is 103 Å². The number of benzene rings is 1. The lowest BCUT2D eigenvalue weighted by atomic mass is 9.61. The summed E-state index contributed by atoms with van der Waals surface area (Å²) in [6.07, 6.45) is 1.04. The van der Waals surface area contributed by atoms with E-state index in [4.69, 9.17) is 5.73 Å². The van der Waals surface area contributed by atoms with Crippen LogP contribution in [-0.2, 0) is 10.2 Å². The third-order valence-electron chi connectivity index (χ3n) is 3.27. The maximum Gasteiger partial charge on any atom is 0.314 e. The molecule has 3 N–H and O–H groups in total. The Morgan fingerprint density at radius 3 is 2.69 bits per heavy atom. The number of aryl methyl sites for hydroxylation is 1. The van der Waals surface area contributed by atoms with Gasteiger partial charge in [0.1, 0.15) is 0 Å². The molecule has 0 spiro atoms. The second-order valence-electron chi connectivity index (χ2n) is 4.54. The normalized spacial score (nSPS) is 28.6. The second kappa shape index (κ2) is 3.86. The molecule has 1 saturated carbocycles. The van der Waals surface area contributed by atoms with Crippen molar-refractivity contribution >= 4 is 21.9 Å². The van der Waals surface area contributed by atoms with Crippen LogP contribution in [0.2, 0.25) is 0 Å². The molecule has 16 heavy (non-hydrogen) atoms. The van der Waals surface area contributed by atoms with E-state index in [2.05, 4.69) is 15.9 Å². The van der Waals surface area contributed by atoms with Crippen LogP contribution < -0.4 is 5.73 Å². The molecule has 3 nitrogen and oxygen atoms in total. The number of nitrogens with two attached hydrogens (primary N) is 1. The number of carbonyl (C=O) groups is 1. The molecule has 0 aromatic heterocycles. The summed E-state index contributed by atoms with van der Waals surface area (Å²) in [4.78, 5) is 11.4. The van der Waals surface area contributed by atoms with Crippen LogP contribution in [0.15, 0.2) is 22.7 Å². The minimum atomic E-state index is -0.787. The van der Waals surface area contributed by atoms with Crippen molar-refractivity contribution in [3.63, 3.8) is 0 Å². The summed E-state index contributed by atoms with van der Waals surface area (Å²) in [7, 11) is 0. The Hall–Kier alpha value is -0.870. The van der Waals surface area contributed by atoms with Gasteiger partial charge >= 0.3 is 5.97 Å². The van der Waals surface area contributed by atoms with E-state index in [9.17, 15) is 9.90 Å². The predicted octanol–water partition coefficient (Wildman–Crippen LogP) is 2.20. The lowest BCUT2D eigenvalue weighted by molar-refractivity contribution is -0.148. The molecule has 1 aliphatic rings. The SMILES string of the molecule is Cc1ccc(Br)c(C2(C(=O)O)CC(N)C2)c1. The van der Waals surface area contributed by atoms with E-state index in [1.807, 2.05) is 25.1 Å². The molecule has 0 saturated heterocycles.